The number of amidine groups is 1. The number of unbranched alkanes of at least 4 members (excludes halogenated alkanes) is 2. The maximum Gasteiger partial charge on any atom is 0.0987 e. The van der Waals surface area contributed by atoms with Crippen LogP contribution < -0.4 is 0 Å². The minimum atomic E-state index is 0.983. The second-order valence-electron chi connectivity index (χ2n) is 3.28. The molecule has 1 rings (SSSR count). The van der Waals surface area contributed by atoms with Crippen molar-refractivity contribution in [2.75, 3.05) is 20.1 Å². The number of halogens is 1. The van der Waals surface area contributed by atoms with E-state index in [2.05, 4.69) is 49.3 Å². The molecule has 0 N–H and O–H groups in total. The van der Waals surface area contributed by atoms with E-state index in [0.29, 0.717) is 0 Å². The average molecular weight is 322 g/mol. The lowest BCUT2D eigenvalue weighted by Crippen LogP contribution is -2.22. The van der Waals surface area contributed by atoms with Crippen molar-refractivity contribution in [1.29, 1.82) is 0 Å². The Hall–Kier alpha value is 0.110. The van der Waals surface area contributed by atoms with Crippen molar-refractivity contribution in [3.63, 3.8) is 0 Å². The molecule has 1 heterocycles. The summed E-state index contributed by atoms with van der Waals surface area (Å²) in [5, 5.41) is 3.00. The molecule has 4 heteroatoms. The van der Waals surface area contributed by atoms with Crippen LogP contribution in [0.4, 0.5) is 0 Å². The predicted molar refractivity (Wildman–Crippen MR) is 72.8 cm³/mol. The molecule has 78 valence electrons. The second kappa shape index (κ2) is 7.41. The predicted octanol–water partition coefficient (Wildman–Crippen LogP) is 2.93. The van der Waals surface area contributed by atoms with E-state index in [9.17, 15) is 0 Å². The van der Waals surface area contributed by atoms with Crippen LogP contribution in [0.1, 0.15) is 25.7 Å². The zero-order valence-electron chi connectivity index (χ0n) is 8.42. The number of hydrogen-bond acceptors (Lipinski definition) is 3. The van der Waals surface area contributed by atoms with Gasteiger partial charge in [0.05, 0.1) is 12.4 Å². The third-order valence-corrected chi connectivity index (χ3v) is 3.12. The Morgan fingerprint density at radius 2 is 2.43 bits per heavy atom. The van der Waals surface area contributed by atoms with Crippen molar-refractivity contribution < 1.29 is 0 Å². The van der Waals surface area contributed by atoms with Gasteiger partial charge in [0.1, 0.15) is 0 Å². The maximum absolute atomic E-state index is 4.45. The molecule has 0 spiro atoms. The maximum atomic E-state index is 4.45. The smallest absolute Gasteiger partial charge is 0.0987 e. The van der Waals surface area contributed by atoms with Crippen LogP contribution in [0.15, 0.2) is 4.99 Å². The van der Waals surface area contributed by atoms with Crippen molar-refractivity contribution in [2.24, 2.45) is 4.99 Å². The van der Waals surface area contributed by atoms with E-state index in [0.717, 1.165) is 25.9 Å². The van der Waals surface area contributed by atoms with Gasteiger partial charge in [0.2, 0.25) is 0 Å². The zero-order valence-corrected chi connectivity index (χ0v) is 11.4. The lowest BCUT2D eigenvalue weighted by Gasteiger charge is -2.12. The molecule has 0 aromatic carbocycles. The monoisotopic (exact) mass is 322 g/mol. The van der Waals surface area contributed by atoms with Crippen LogP contribution in [0.2, 0.25) is 0 Å². The normalized spacial score (nSPS) is 15.0. The van der Waals surface area contributed by atoms with Crippen LogP contribution in [0, 0.1) is 11.2 Å². The third kappa shape index (κ3) is 4.56. The number of aliphatic imine (C=N–C) groups is 1. The van der Waals surface area contributed by atoms with E-state index >= 15 is 0 Å². The Morgan fingerprint density at radius 1 is 1.57 bits per heavy atom. The van der Waals surface area contributed by atoms with E-state index in [1.54, 1.807) is 8.93 Å². The molecule has 1 aliphatic heterocycles. The van der Waals surface area contributed by atoms with Gasteiger partial charge in [-0.3, -0.25) is 4.99 Å². The quantitative estimate of drug-likeness (QED) is 0.449. The van der Waals surface area contributed by atoms with Gasteiger partial charge in [0.25, 0.3) is 0 Å². The van der Waals surface area contributed by atoms with Gasteiger partial charge in [-0.1, -0.05) is 5.92 Å². The van der Waals surface area contributed by atoms with E-state index in [-0.39, 0.29) is 0 Å². The molecule has 0 bridgehead atoms. The minimum absolute atomic E-state index is 0.983. The van der Waals surface area contributed by atoms with E-state index in [1.807, 2.05) is 0 Å². The molecule has 0 saturated carbocycles. The van der Waals surface area contributed by atoms with Crippen molar-refractivity contribution >= 4 is 36.0 Å². The molecule has 0 aromatic rings. The molecule has 14 heavy (non-hydrogen) atoms. The molecule has 0 atom stereocenters. The molecule has 2 nitrogen and oxygen atoms in total. The van der Waals surface area contributed by atoms with Crippen LogP contribution >= 0.6 is 30.1 Å². The Balaban J connectivity index is 2.04. The fourth-order valence-electron chi connectivity index (χ4n) is 1.42. The van der Waals surface area contributed by atoms with Gasteiger partial charge in [0, 0.05) is 47.6 Å². The molecule has 1 aliphatic rings. The van der Waals surface area contributed by atoms with Gasteiger partial charge in [-0.05, 0) is 27.0 Å². The summed E-state index contributed by atoms with van der Waals surface area (Å²) in [6.45, 7) is 2.08. The summed E-state index contributed by atoms with van der Waals surface area (Å²) in [6.07, 6.45) is 4.55. The third-order valence-electron chi connectivity index (χ3n) is 2.23. The zero-order chi connectivity index (χ0) is 10.2. The molecule has 0 aliphatic carbocycles. The van der Waals surface area contributed by atoms with Gasteiger partial charge in [0.15, 0.2) is 0 Å². The highest BCUT2D eigenvalue weighted by molar-refractivity contribution is 14.2. The molecule has 0 unspecified atom stereocenters. The molecule has 0 saturated heterocycles. The minimum Gasteiger partial charge on any atom is -0.362 e. The molecular formula is C10H15IN2S. The number of likely N-dealkylation sites (N-methyl/N-ethyl adjacent to an activating group) is 1. The Kier molecular flexibility index (Phi) is 6.45. The Bertz CT molecular complexity index is 255. The summed E-state index contributed by atoms with van der Waals surface area (Å²) in [4.78, 5) is 6.71. The van der Waals surface area contributed by atoms with Gasteiger partial charge in [-0.25, -0.2) is 0 Å². The van der Waals surface area contributed by atoms with Crippen LogP contribution in [-0.2, 0) is 0 Å². The summed E-state index contributed by atoms with van der Waals surface area (Å²) >= 11 is 2.20. The fourth-order valence-corrected chi connectivity index (χ4v) is 2.05. The lowest BCUT2D eigenvalue weighted by molar-refractivity contribution is 0.540. The summed E-state index contributed by atoms with van der Waals surface area (Å²) in [7, 11) is 3.69. The van der Waals surface area contributed by atoms with Crippen molar-refractivity contribution in [3.05, 3.63) is 0 Å². The molecule has 0 fully saturated rings. The van der Waals surface area contributed by atoms with E-state index in [4.69, 9.17) is 0 Å². The first-order valence-electron chi connectivity index (χ1n) is 4.84. The topological polar surface area (TPSA) is 15.6 Å². The SMILES string of the molecule is CN1CCN=C1CCCCC#CSI. The molecule has 0 radical (unpaired) electrons. The number of nitrogens with zero attached hydrogens (tertiary/aromatic N) is 2. The largest absolute Gasteiger partial charge is 0.362 e. The first kappa shape index (κ1) is 12.2. The highest BCUT2D eigenvalue weighted by Crippen LogP contribution is 2.09. The van der Waals surface area contributed by atoms with Crippen molar-refractivity contribution in [2.45, 2.75) is 25.7 Å². The first-order valence-corrected chi connectivity index (χ1v) is 8.20. The summed E-state index contributed by atoms with van der Waals surface area (Å²) < 4.78 is 0. The second-order valence-corrected chi connectivity index (χ2v) is 4.96. The van der Waals surface area contributed by atoms with E-state index < -0.39 is 0 Å². The number of hydrogen-bond donors (Lipinski definition) is 0. The van der Waals surface area contributed by atoms with Gasteiger partial charge < -0.3 is 4.90 Å². The fraction of sp³-hybridized carbons (Fsp3) is 0.700. The van der Waals surface area contributed by atoms with Crippen molar-refractivity contribution in [1.82, 2.24) is 4.90 Å². The summed E-state index contributed by atoms with van der Waals surface area (Å²) in [5.74, 6) is 4.40. The Morgan fingerprint density at radius 3 is 3.07 bits per heavy atom. The summed E-state index contributed by atoms with van der Waals surface area (Å²) in [6, 6.07) is 0. The number of rotatable bonds is 4. The average Bonchev–Trinajstić information content (AvgIpc) is 2.58. The first-order chi connectivity index (χ1) is 6.84. The van der Waals surface area contributed by atoms with Crippen LogP contribution in [0.3, 0.4) is 0 Å². The summed E-state index contributed by atoms with van der Waals surface area (Å²) in [5.41, 5.74) is 0. The van der Waals surface area contributed by atoms with Crippen molar-refractivity contribution in [3.8, 4) is 11.2 Å². The van der Waals surface area contributed by atoms with E-state index in [1.165, 1.54) is 18.7 Å². The highest BCUT2D eigenvalue weighted by Gasteiger charge is 2.10. The van der Waals surface area contributed by atoms with Crippen LogP contribution in [0.25, 0.3) is 0 Å². The van der Waals surface area contributed by atoms with Gasteiger partial charge in [-0.15, -0.1) is 0 Å². The molecule has 0 amide bonds. The van der Waals surface area contributed by atoms with Gasteiger partial charge >= 0.3 is 0 Å². The molecular weight excluding hydrogens is 307 g/mol. The molecule has 0 aromatic heterocycles. The standard InChI is InChI=1S/C10H15IN2S/c1-13-8-7-12-10(13)6-4-2-3-5-9-14-11/h2-4,6-8H2,1H3. The Labute approximate surface area is 103 Å². The van der Waals surface area contributed by atoms with Gasteiger partial charge in [-0.2, -0.15) is 0 Å². The van der Waals surface area contributed by atoms with Crippen LogP contribution in [-0.4, -0.2) is 30.9 Å². The highest BCUT2D eigenvalue weighted by atomic mass is 127. The van der Waals surface area contributed by atoms with Crippen LogP contribution in [0.5, 0.6) is 0 Å². The lowest BCUT2D eigenvalue weighted by atomic mass is 10.2.